The number of fused-ring (bicyclic) bond motifs is 2. The number of rotatable bonds is 5. The predicted molar refractivity (Wildman–Crippen MR) is 108 cm³/mol. The SMILES string of the molecule is CC(C)CC(O)c1ccc2c(c1)CN(Cc1ccc3c(c1)OCCO3)CCO2. The Labute approximate surface area is 166 Å². The molecule has 150 valence electrons. The number of benzene rings is 2. The van der Waals surface area contributed by atoms with Gasteiger partial charge in [-0.1, -0.05) is 26.0 Å². The normalized spacial score (nSPS) is 17.6. The molecule has 2 aliphatic heterocycles. The Bertz CT molecular complexity index is 820. The van der Waals surface area contributed by atoms with E-state index < -0.39 is 6.10 Å². The van der Waals surface area contributed by atoms with Gasteiger partial charge in [-0.25, -0.2) is 0 Å². The molecule has 1 atom stereocenters. The van der Waals surface area contributed by atoms with Crippen LogP contribution in [0.2, 0.25) is 0 Å². The average Bonchev–Trinajstić information content (AvgIpc) is 2.88. The van der Waals surface area contributed by atoms with Gasteiger partial charge in [0.05, 0.1) is 6.10 Å². The van der Waals surface area contributed by atoms with E-state index in [-0.39, 0.29) is 0 Å². The summed E-state index contributed by atoms with van der Waals surface area (Å²) in [5, 5.41) is 10.5. The molecule has 4 rings (SSSR count). The Morgan fingerprint density at radius 2 is 1.68 bits per heavy atom. The summed E-state index contributed by atoms with van der Waals surface area (Å²) in [6.07, 6.45) is 0.334. The van der Waals surface area contributed by atoms with Crippen molar-refractivity contribution in [3.63, 3.8) is 0 Å². The van der Waals surface area contributed by atoms with Crippen LogP contribution in [0.5, 0.6) is 17.2 Å². The number of ether oxygens (including phenoxy) is 3. The van der Waals surface area contributed by atoms with E-state index in [1.54, 1.807) is 0 Å². The number of hydrogen-bond acceptors (Lipinski definition) is 5. The fraction of sp³-hybridized carbons (Fsp3) is 0.478. The molecule has 2 aromatic rings. The van der Waals surface area contributed by atoms with E-state index in [0.717, 1.165) is 54.4 Å². The highest BCUT2D eigenvalue weighted by molar-refractivity contribution is 5.44. The standard InChI is InChI=1S/C23H29NO4/c1-16(2)11-20(25)18-4-6-21-19(13-18)15-24(7-8-26-21)14-17-3-5-22-23(12-17)28-10-9-27-22/h3-6,12-13,16,20,25H,7-11,14-15H2,1-2H3. The summed E-state index contributed by atoms with van der Waals surface area (Å²) in [6, 6.07) is 12.3. The largest absolute Gasteiger partial charge is 0.492 e. The molecule has 0 bridgehead atoms. The average molecular weight is 383 g/mol. The molecule has 2 heterocycles. The zero-order valence-corrected chi connectivity index (χ0v) is 16.7. The first-order valence-electron chi connectivity index (χ1n) is 10.1. The van der Waals surface area contributed by atoms with E-state index in [9.17, 15) is 5.11 Å². The van der Waals surface area contributed by atoms with Gasteiger partial charge in [0.25, 0.3) is 0 Å². The summed E-state index contributed by atoms with van der Waals surface area (Å²) in [7, 11) is 0. The minimum absolute atomic E-state index is 0.431. The Hall–Kier alpha value is -2.24. The van der Waals surface area contributed by atoms with Crippen LogP contribution in [-0.2, 0) is 13.1 Å². The summed E-state index contributed by atoms with van der Waals surface area (Å²) in [5.41, 5.74) is 3.30. The van der Waals surface area contributed by atoms with Gasteiger partial charge < -0.3 is 19.3 Å². The lowest BCUT2D eigenvalue weighted by molar-refractivity contribution is 0.151. The molecule has 5 nitrogen and oxygen atoms in total. The monoisotopic (exact) mass is 383 g/mol. The fourth-order valence-corrected chi connectivity index (χ4v) is 3.84. The molecule has 0 aliphatic carbocycles. The highest BCUT2D eigenvalue weighted by Crippen LogP contribution is 2.32. The maximum atomic E-state index is 10.5. The second kappa shape index (κ2) is 8.41. The maximum absolute atomic E-state index is 10.5. The molecule has 0 spiro atoms. The van der Waals surface area contributed by atoms with Gasteiger partial charge in [0.15, 0.2) is 11.5 Å². The first kappa shape index (κ1) is 19.1. The van der Waals surface area contributed by atoms with E-state index >= 15 is 0 Å². The number of aliphatic hydroxyl groups excluding tert-OH is 1. The minimum atomic E-state index is -0.431. The van der Waals surface area contributed by atoms with E-state index in [1.165, 1.54) is 5.56 Å². The van der Waals surface area contributed by atoms with Gasteiger partial charge in [0, 0.05) is 25.2 Å². The van der Waals surface area contributed by atoms with E-state index in [1.807, 2.05) is 18.2 Å². The van der Waals surface area contributed by atoms with Gasteiger partial charge in [0.2, 0.25) is 0 Å². The van der Waals surface area contributed by atoms with E-state index in [0.29, 0.717) is 25.7 Å². The minimum Gasteiger partial charge on any atom is -0.492 e. The Morgan fingerprint density at radius 1 is 0.929 bits per heavy atom. The van der Waals surface area contributed by atoms with Gasteiger partial charge in [0.1, 0.15) is 25.6 Å². The van der Waals surface area contributed by atoms with Crippen LogP contribution in [0.3, 0.4) is 0 Å². The molecule has 0 radical (unpaired) electrons. The quantitative estimate of drug-likeness (QED) is 0.848. The van der Waals surface area contributed by atoms with Crippen molar-refractivity contribution in [2.45, 2.75) is 39.5 Å². The summed E-state index contributed by atoms with van der Waals surface area (Å²) in [4.78, 5) is 2.37. The molecule has 28 heavy (non-hydrogen) atoms. The summed E-state index contributed by atoms with van der Waals surface area (Å²) in [6.45, 7) is 8.60. The molecule has 1 unspecified atom stereocenters. The molecule has 0 fully saturated rings. The van der Waals surface area contributed by atoms with Crippen molar-refractivity contribution in [2.24, 2.45) is 5.92 Å². The van der Waals surface area contributed by atoms with Crippen molar-refractivity contribution in [3.8, 4) is 17.2 Å². The van der Waals surface area contributed by atoms with Gasteiger partial charge in [-0.3, -0.25) is 4.90 Å². The van der Waals surface area contributed by atoms with E-state index in [2.05, 4.69) is 36.9 Å². The first-order valence-corrected chi connectivity index (χ1v) is 10.1. The lowest BCUT2D eigenvalue weighted by Gasteiger charge is -2.22. The second-order valence-electron chi connectivity index (χ2n) is 8.05. The molecule has 0 saturated carbocycles. The van der Waals surface area contributed by atoms with Crippen molar-refractivity contribution in [1.82, 2.24) is 4.90 Å². The molecular formula is C23H29NO4. The summed E-state index contributed by atoms with van der Waals surface area (Å²) >= 11 is 0. The molecule has 5 heteroatoms. The molecule has 0 aromatic heterocycles. The number of nitrogens with zero attached hydrogens (tertiary/aromatic N) is 1. The van der Waals surface area contributed by atoms with Crippen LogP contribution in [0.25, 0.3) is 0 Å². The van der Waals surface area contributed by atoms with Gasteiger partial charge in [-0.05, 0) is 47.7 Å². The van der Waals surface area contributed by atoms with Crippen LogP contribution >= 0.6 is 0 Å². The van der Waals surface area contributed by atoms with Crippen LogP contribution in [0.15, 0.2) is 36.4 Å². The highest BCUT2D eigenvalue weighted by atomic mass is 16.6. The third-order valence-corrected chi connectivity index (χ3v) is 5.24. The highest BCUT2D eigenvalue weighted by Gasteiger charge is 2.19. The number of hydrogen-bond donors (Lipinski definition) is 1. The van der Waals surface area contributed by atoms with Crippen molar-refractivity contribution in [1.29, 1.82) is 0 Å². The Balaban J connectivity index is 1.49. The number of aliphatic hydroxyl groups is 1. The molecule has 2 aromatic carbocycles. The molecule has 0 saturated heterocycles. The lowest BCUT2D eigenvalue weighted by atomic mass is 9.97. The summed E-state index contributed by atoms with van der Waals surface area (Å²) < 4.78 is 17.3. The Kier molecular flexibility index (Phi) is 5.74. The Morgan fingerprint density at radius 3 is 2.50 bits per heavy atom. The van der Waals surface area contributed by atoms with Gasteiger partial charge in [-0.15, -0.1) is 0 Å². The topological polar surface area (TPSA) is 51.2 Å². The van der Waals surface area contributed by atoms with Crippen LogP contribution in [0.1, 0.15) is 43.1 Å². The van der Waals surface area contributed by atoms with Crippen LogP contribution in [-0.4, -0.2) is 36.4 Å². The van der Waals surface area contributed by atoms with Crippen molar-refractivity contribution < 1.29 is 19.3 Å². The van der Waals surface area contributed by atoms with Crippen LogP contribution in [0.4, 0.5) is 0 Å². The zero-order chi connectivity index (χ0) is 19.5. The van der Waals surface area contributed by atoms with Gasteiger partial charge in [-0.2, -0.15) is 0 Å². The van der Waals surface area contributed by atoms with Crippen molar-refractivity contribution in [2.75, 3.05) is 26.4 Å². The summed E-state index contributed by atoms with van der Waals surface area (Å²) in [5.74, 6) is 3.03. The fourth-order valence-electron chi connectivity index (χ4n) is 3.84. The lowest BCUT2D eigenvalue weighted by Crippen LogP contribution is -2.25. The predicted octanol–water partition coefficient (Wildman–Crippen LogP) is 3.93. The van der Waals surface area contributed by atoms with Crippen molar-refractivity contribution >= 4 is 0 Å². The molecular weight excluding hydrogens is 354 g/mol. The van der Waals surface area contributed by atoms with Crippen LogP contribution in [0, 0.1) is 5.92 Å². The molecule has 1 N–H and O–H groups in total. The second-order valence-corrected chi connectivity index (χ2v) is 8.05. The van der Waals surface area contributed by atoms with E-state index in [4.69, 9.17) is 14.2 Å². The smallest absolute Gasteiger partial charge is 0.161 e. The molecule has 0 amide bonds. The maximum Gasteiger partial charge on any atom is 0.161 e. The third-order valence-electron chi connectivity index (χ3n) is 5.24. The van der Waals surface area contributed by atoms with Crippen molar-refractivity contribution in [3.05, 3.63) is 53.1 Å². The van der Waals surface area contributed by atoms with Crippen LogP contribution < -0.4 is 14.2 Å². The third kappa shape index (κ3) is 4.42. The molecule has 2 aliphatic rings. The van der Waals surface area contributed by atoms with Gasteiger partial charge >= 0.3 is 0 Å². The first-order chi connectivity index (χ1) is 13.6. The zero-order valence-electron chi connectivity index (χ0n) is 16.7.